The van der Waals surface area contributed by atoms with Gasteiger partial charge in [0.2, 0.25) is 0 Å². The normalized spacial score (nSPS) is 20.3. The SMILES string of the molecule is Cc1cccc(C(=O)NCC2CCC3(CCN(C(=O)c4ccncc4)CC3)O2)c1C. The molecule has 0 radical (unpaired) electrons. The average molecular weight is 408 g/mol. The first-order valence-electron chi connectivity index (χ1n) is 10.7. The van der Waals surface area contributed by atoms with Crippen molar-refractivity contribution in [2.24, 2.45) is 0 Å². The Hall–Kier alpha value is -2.73. The minimum atomic E-state index is -0.163. The van der Waals surface area contributed by atoms with Crippen LogP contribution in [0.4, 0.5) is 0 Å². The first-order chi connectivity index (χ1) is 14.5. The Morgan fingerprint density at radius 3 is 2.60 bits per heavy atom. The summed E-state index contributed by atoms with van der Waals surface area (Å²) < 4.78 is 6.40. The maximum absolute atomic E-state index is 12.6. The van der Waals surface area contributed by atoms with Crippen molar-refractivity contribution in [3.63, 3.8) is 0 Å². The van der Waals surface area contributed by atoms with Gasteiger partial charge in [-0.3, -0.25) is 14.6 Å². The molecule has 3 heterocycles. The lowest BCUT2D eigenvalue weighted by Gasteiger charge is -2.39. The number of hydrogen-bond acceptors (Lipinski definition) is 4. The van der Waals surface area contributed by atoms with Crippen LogP contribution in [-0.4, -0.2) is 53.0 Å². The molecule has 2 aromatic rings. The Balaban J connectivity index is 1.28. The lowest BCUT2D eigenvalue weighted by atomic mass is 9.88. The number of aryl methyl sites for hydroxylation is 1. The van der Waals surface area contributed by atoms with Gasteiger partial charge in [0.1, 0.15) is 0 Å². The summed E-state index contributed by atoms with van der Waals surface area (Å²) >= 11 is 0. The number of nitrogens with one attached hydrogen (secondary N) is 1. The van der Waals surface area contributed by atoms with E-state index in [4.69, 9.17) is 4.74 Å². The van der Waals surface area contributed by atoms with Crippen LogP contribution in [0.25, 0.3) is 0 Å². The number of rotatable bonds is 4. The van der Waals surface area contributed by atoms with Crippen LogP contribution >= 0.6 is 0 Å². The third kappa shape index (κ3) is 4.24. The van der Waals surface area contributed by atoms with Gasteiger partial charge in [-0.2, -0.15) is 0 Å². The number of aromatic nitrogens is 1. The number of carbonyl (C=O) groups is 2. The molecule has 0 aliphatic carbocycles. The molecule has 1 unspecified atom stereocenters. The Labute approximate surface area is 177 Å². The highest BCUT2D eigenvalue weighted by atomic mass is 16.5. The molecule has 2 saturated heterocycles. The van der Waals surface area contributed by atoms with Crippen LogP contribution < -0.4 is 5.32 Å². The Kier molecular flexibility index (Phi) is 5.86. The molecule has 30 heavy (non-hydrogen) atoms. The molecule has 158 valence electrons. The van der Waals surface area contributed by atoms with Gasteiger partial charge in [-0.15, -0.1) is 0 Å². The van der Waals surface area contributed by atoms with Crippen molar-refractivity contribution >= 4 is 11.8 Å². The average Bonchev–Trinajstić information content (AvgIpc) is 3.17. The van der Waals surface area contributed by atoms with Gasteiger partial charge < -0.3 is 15.0 Å². The first-order valence-corrected chi connectivity index (χ1v) is 10.7. The minimum absolute atomic E-state index is 0.0292. The summed E-state index contributed by atoms with van der Waals surface area (Å²) in [5, 5.41) is 3.05. The van der Waals surface area contributed by atoms with Gasteiger partial charge in [0.25, 0.3) is 11.8 Å². The largest absolute Gasteiger partial charge is 0.370 e. The zero-order chi connectivity index (χ0) is 21.1. The van der Waals surface area contributed by atoms with E-state index in [0.717, 1.165) is 42.4 Å². The zero-order valence-electron chi connectivity index (χ0n) is 17.7. The van der Waals surface area contributed by atoms with E-state index in [1.807, 2.05) is 36.9 Å². The molecular formula is C24H29N3O3. The molecule has 4 rings (SSSR count). The van der Waals surface area contributed by atoms with Crippen molar-refractivity contribution in [2.75, 3.05) is 19.6 Å². The molecule has 6 heteroatoms. The second-order valence-corrected chi connectivity index (χ2v) is 8.45. The number of hydrogen-bond donors (Lipinski definition) is 1. The lowest BCUT2D eigenvalue weighted by molar-refractivity contribution is -0.0712. The maximum Gasteiger partial charge on any atom is 0.253 e. The Morgan fingerprint density at radius 2 is 1.87 bits per heavy atom. The van der Waals surface area contributed by atoms with Crippen molar-refractivity contribution in [3.8, 4) is 0 Å². The van der Waals surface area contributed by atoms with Gasteiger partial charge in [-0.25, -0.2) is 0 Å². The Bertz CT molecular complexity index is 921. The third-order valence-electron chi connectivity index (χ3n) is 6.57. The smallest absolute Gasteiger partial charge is 0.253 e. The van der Waals surface area contributed by atoms with Gasteiger partial charge in [0, 0.05) is 43.2 Å². The maximum atomic E-state index is 12.6. The fourth-order valence-electron chi connectivity index (χ4n) is 4.50. The van der Waals surface area contributed by atoms with Crippen LogP contribution in [0.15, 0.2) is 42.7 Å². The first kappa shape index (κ1) is 20.5. The quantitative estimate of drug-likeness (QED) is 0.844. The summed E-state index contributed by atoms with van der Waals surface area (Å²) in [6.45, 7) is 5.91. The van der Waals surface area contributed by atoms with Crippen molar-refractivity contribution in [1.29, 1.82) is 0 Å². The van der Waals surface area contributed by atoms with E-state index in [1.165, 1.54) is 0 Å². The third-order valence-corrected chi connectivity index (χ3v) is 6.57. The molecule has 2 fully saturated rings. The van der Waals surface area contributed by atoms with E-state index < -0.39 is 0 Å². The molecule has 1 atom stereocenters. The van der Waals surface area contributed by atoms with Crippen LogP contribution in [0.2, 0.25) is 0 Å². The number of carbonyl (C=O) groups excluding carboxylic acids is 2. The molecular weight excluding hydrogens is 378 g/mol. The highest BCUT2D eigenvalue weighted by Crippen LogP contribution is 2.39. The molecule has 1 spiro atoms. The second-order valence-electron chi connectivity index (χ2n) is 8.45. The van der Waals surface area contributed by atoms with Crippen LogP contribution in [-0.2, 0) is 4.74 Å². The van der Waals surface area contributed by atoms with Gasteiger partial charge in [0.15, 0.2) is 0 Å². The molecule has 2 amide bonds. The number of pyridine rings is 1. The molecule has 2 aliphatic heterocycles. The van der Waals surface area contributed by atoms with Crippen LogP contribution in [0.5, 0.6) is 0 Å². The van der Waals surface area contributed by atoms with E-state index in [0.29, 0.717) is 25.2 Å². The number of ether oxygens (including phenoxy) is 1. The van der Waals surface area contributed by atoms with E-state index in [9.17, 15) is 9.59 Å². The van der Waals surface area contributed by atoms with E-state index in [-0.39, 0.29) is 23.5 Å². The predicted molar refractivity (Wildman–Crippen MR) is 114 cm³/mol. The van der Waals surface area contributed by atoms with Gasteiger partial charge >= 0.3 is 0 Å². The molecule has 1 aromatic carbocycles. The summed E-state index contributed by atoms with van der Waals surface area (Å²) in [6, 6.07) is 9.31. The van der Waals surface area contributed by atoms with Gasteiger partial charge in [0.05, 0.1) is 11.7 Å². The molecule has 1 aromatic heterocycles. The highest BCUT2D eigenvalue weighted by Gasteiger charge is 2.43. The zero-order valence-corrected chi connectivity index (χ0v) is 17.7. The predicted octanol–water partition coefficient (Wildman–Crippen LogP) is 3.28. The van der Waals surface area contributed by atoms with Crippen LogP contribution in [0.3, 0.4) is 0 Å². The molecule has 6 nitrogen and oxygen atoms in total. The summed E-state index contributed by atoms with van der Waals surface area (Å²) in [4.78, 5) is 31.1. The topological polar surface area (TPSA) is 71.5 Å². The molecule has 2 aliphatic rings. The fraction of sp³-hybridized carbons (Fsp3) is 0.458. The monoisotopic (exact) mass is 407 g/mol. The second kappa shape index (κ2) is 8.56. The van der Waals surface area contributed by atoms with Crippen molar-refractivity contribution in [3.05, 3.63) is 65.0 Å². The van der Waals surface area contributed by atoms with Crippen LogP contribution in [0.1, 0.15) is 57.5 Å². The highest BCUT2D eigenvalue weighted by molar-refractivity contribution is 5.96. The number of benzene rings is 1. The minimum Gasteiger partial charge on any atom is -0.370 e. The van der Waals surface area contributed by atoms with Crippen molar-refractivity contribution in [2.45, 2.75) is 51.2 Å². The van der Waals surface area contributed by atoms with E-state index in [2.05, 4.69) is 10.3 Å². The molecule has 0 bridgehead atoms. The van der Waals surface area contributed by atoms with Crippen LogP contribution in [0, 0.1) is 13.8 Å². The summed E-state index contributed by atoms with van der Waals surface area (Å²) in [5.74, 6) is 0.0149. The molecule has 0 saturated carbocycles. The Morgan fingerprint density at radius 1 is 1.13 bits per heavy atom. The van der Waals surface area contributed by atoms with E-state index >= 15 is 0 Å². The number of amides is 2. The fourth-order valence-corrected chi connectivity index (χ4v) is 4.50. The van der Waals surface area contributed by atoms with E-state index in [1.54, 1.807) is 24.5 Å². The standard InChI is InChI=1S/C24H29N3O3/c1-17-4-3-5-21(18(17)2)22(28)26-16-20-6-9-24(30-20)10-14-27(15-11-24)23(29)19-7-12-25-13-8-19/h3-5,7-8,12-13,20H,6,9-11,14-16H2,1-2H3,(H,26,28). The number of nitrogens with zero attached hydrogens (tertiary/aromatic N) is 2. The molecule has 1 N–H and O–H groups in total. The summed E-state index contributed by atoms with van der Waals surface area (Å²) in [5.41, 5.74) is 3.38. The summed E-state index contributed by atoms with van der Waals surface area (Å²) in [7, 11) is 0. The van der Waals surface area contributed by atoms with Gasteiger partial charge in [-0.1, -0.05) is 12.1 Å². The number of piperidine rings is 1. The van der Waals surface area contributed by atoms with Crippen molar-refractivity contribution in [1.82, 2.24) is 15.2 Å². The number of likely N-dealkylation sites (tertiary alicyclic amines) is 1. The lowest BCUT2D eigenvalue weighted by Crippen LogP contribution is -2.47. The summed E-state index contributed by atoms with van der Waals surface area (Å²) in [6.07, 6.45) is 6.92. The van der Waals surface area contributed by atoms with Crippen molar-refractivity contribution < 1.29 is 14.3 Å². The van der Waals surface area contributed by atoms with Gasteiger partial charge in [-0.05, 0) is 68.9 Å².